The van der Waals surface area contributed by atoms with Crippen LogP contribution in [0.3, 0.4) is 0 Å². The summed E-state index contributed by atoms with van der Waals surface area (Å²) in [6.45, 7) is 9.71. The zero-order valence-electron chi connectivity index (χ0n) is 22.3. The number of pyridine rings is 2. The Morgan fingerprint density at radius 1 is 1.05 bits per heavy atom. The van der Waals surface area contributed by atoms with Crippen molar-refractivity contribution in [1.82, 2.24) is 9.97 Å². The van der Waals surface area contributed by atoms with E-state index in [4.69, 9.17) is 4.98 Å². The molecule has 1 amide bonds. The number of rotatable bonds is 7. The molecular weight excluding hydrogens is 462 g/mol. The SMILES string of the molecule is Cc1cncc(-c2cc(NC(=O)c3ccc(NC(C)(C)CO)nc3N3CCC4(CC3)CC4)ccc2C)c1. The number of amides is 1. The van der Waals surface area contributed by atoms with Crippen molar-refractivity contribution in [2.75, 3.05) is 35.2 Å². The topological polar surface area (TPSA) is 90.4 Å². The molecule has 0 atom stereocenters. The highest BCUT2D eigenvalue weighted by molar-refractivity contribution is 6.08. The molecule has 0 bridgehead atoms. The van der Waals surface area contributed by atoms with Crippen molar-refractivity contribution >= 4 is 23.2 Å². The fourth-order valence-electron chi connectivity index (χ4n) is 5.10. The number of carbonyl (C=O) groups excluding carboxylic acids is 1. The summed E-state index contributed by atoms with van der Waals surface area (Å²) in [4.78, 5) is 25.1. The summed E-state index contributed by atoms with van der Waals surface area (Å²) < 4.78 is 0. The van der Waals surface area contributed by atoms with E-state index < -0.39 is 5.54 Å². The quantitative estimate of drug-likeness (QED) is 0.393. The molecule has 1 spiro atoms. The van der Waals surface area contributed by atoms with Crippen LogP contribution in [0.4, 0.5) is 17.3 Å². The van der Waals surface area contributed by atoms with Crippen LogP contribution in [0.2, 0.25) is 0 Å². The van der Waals surface area contributed by atoms with Crippen LogP contribution in [-0.2, 0) is 0 Å². The molecule has 1 aliphatic carbocycles. The van der Waals surface area contributed by atoms with Crippen molar-refractivity contribution in [3.05, 3.63) is 65.5 Å². The number of nitrogens with one attached hydrogen (secondary N) is 2. The number of carbonyl (C=O) groups is 1. The molecule has 7 heteroatoms. The smallest absolute Gasteiger partial charge is 0.259 e. The first-order chi connectivity index (χ1) is 17.7. The van der Waals surface area contributed by atoms with Gasteiger partial charge in [-0.15, -0.1) is 0 Å². The third-order valence-electron chi connectivity index (χ3n) is 7.74. The lowest BCUT2D eigenvalue weighted by Crippen LogP contribution is -2.38. The molecule has 3 heterocycles. The predicted molar refractivity (Wildman–Crippen MR) is 149 cm³/mol. The van der Waals surface area contributed by atoms with Crippen LogP contribution < -0.4 is 15.5 Å². The van der Waals surface area contributed by atoms with E-state index in [0.717, 1.165) is 53.9 Å². The molecule has 1 saturated carbocycles. The molecule has 5 rings (SSSR count). The monoisotopic (exact) mass is 499 g/mol. The van der Waals surface area contributed by atoms with E-state index in [1.54, 1.807) is 0 Å². The van der Waals surface area contributed by atoms with Crippen LogP contribution in [0, 0.1) is 19.3 Å². The summed E-state index contributed by atoms with van der Waals surface area (Å²) in [6.07, 6.45) is 8.61. The largest absolute Gasteiger partial charge is 0.394 e. The van der Waals surface area contributed by atoms with Crippen LogP contribution in [0.5, 0.6) is 0 Å². The third-order valence-corrected chi connectivity index (χ3v) is 7.74. The number of aliphatic hydroxyl groups is 1. The Morgan fingerprint density at radius 3 is 2.49 bits per heavy atom. The highest BCUT2D eigenvalue weighted by atomic mass is 16.3. The highest BCUT2D eigenvalue weighted by Gasteiger charge is 2.45. The fourth-order valence-corrected chi connectivity index (χ4v) is 5.10. The van der Waals surface area contributed by atoms with Crippen LogP contribution in [0.25, 0.3) is 11.1 Å². The number of aryl methyl sites for hydroxylation is 2. The molecular formula is C30H37N5O2. The molecule has 2 aromatic heterocycles. The van der Waals surface area contributed by atoms with Gasteiger partial charge in [0.2, 0.25) is 0 Å². The molecule has 37 heavy (non-hydrogen) atoms. The van der Waals surface area contributed by atoms with E-state index in [9.17, 15) is 9.90 Å². The number of aliphatic hydroxyl groups excluding tert-OH is 1. The molecule has 194 valence electrons. The lowest BCUT2D eigenvalue weighted by molar-refractivity contribution is 0.102. The van der Waals surface area contributed by atoms with Gasteiger partial charge in [-0.05, 0) is 106 Å². The number of anilines is 3. The van der Waals surface area contributed by atoms with Gasteiger partial charge in [0.05, 0.1) is 17.7 Å². The van der Waals surface area contributed by atoms with Crippen LogP contribution >= 0.6 is 0 Å². The number of hydrogen-bond acceptors (Lipinski definition) is 6. The summed E-state index contributed by atoms with van der Waals surface area (Å²) in [6, 6.07) is 11.7. The Morgan fingerprint density at radius 2 is 1.81 bits per heavy atom. The molecule has 1 aromatic carbocycles. The molecule has 0 unspecified atom stereocenters. The zero-order valence-corrected chi connectivity index (χ0v) is 22.3. The average molecular weight is 500 g/mol. The van der Waals surface area contributed by atoms with E-state index in [1.165, 1.54) is 12.8 Å². The van der Waals surface area contributed by atoms with E-state index >= 15 is 0 Å². The second kappa shape index (κ2) is 9.78. The van der Waals surface area contributed by atoms with E-state index in [0.29, 0.717) is 22.6 Å². The molecule has 1 aliphatic heterocycles. The maximum absolute atomic E-state index is 13.6. The Labute approximate surface area is 219 Å². The van der Waals surface area contributed by atoms with E-state index in [2.05, 4.69) is 33.5 Å². The molecule has 3 N–H and O–H groups in total. The second-order valence-electron chi connectivity index (χ2n) is 11.5. The Bertz CT molecular complexity index is 1310. The normalized spacial score (nSPS) is 16.5. The van der Waals surface area contributed by atoms with E-state index in [-0.39, 0.29) is 12.5 Å². The zero-order chi connectivity index (χ0) is 26.2. The molecule has 7 nitrogen and oxygen atoms in total. The summed E-state index contributed by atoms with van der Waals surface area (Å²) in [5.41, 5.74) is 5.58. The van der Waals surface area contributed by atoms with Crippen molar-refractivity contribution in [2.45, 2.75) is 58.9 Å². The van der Waals surface area contributed by atoms with Crippen molar-refractivity contribution < 1.29 is 9.90 Å². The van der Waals surface area contributed by atoms with Crippen LogP contribution in [0.15, 0.2) is 48.8 Å². The minimum absolute atomic E-state index is 0.0231. The van der Waals surface area contributed by atoms with Gasteiger partial charge in [0.1, 0.15) is 11.6 Å². The summed E-state index contributed by atoms with van der Waals surface area (Å²) in [7, 11) is 0. The number of hydrogen-bond donors (Lipinski definition) is 3. The van der Waals surface area contributed by atoms with Gasteiger partial charge in [-0.25, -0.2) is 4.98 Å². The van der Waals surface area contributed by atoms with Gasteiger partial charge >= 0.3 is 0 Å². The summed E-state index contributed by atoms with van der Waals surface area (Å²) in [5.74, 6) is 1.17. The van der Waals surface area contributed by atoms with Crippen molar-refractivity contribution in [3.8, 4) is 11.1 Å². The molecule has 2 aliphatic rings. The first kappa shape index (κ1) is 25.2. The standard InChI is InChI=1S/C30H37N5O2/c1-20-15-22(18-31-17-20)25-16-23(6-5-21(25)2)32-28(37)24-7-8-26(34-29(3,4)19-36)33-27(24)35-13-11-30(9-10-30)12-14-35/h5-8,15-18,36H,9-14,19H2,1-4H3,(H,32,37)(H,33,34). The molecule has 1 saturated heterocycles. The van der Waals surface area contributed by atoms with Crippen molar-refractivity contribution in [1.29, 1.82) is 0 Å². The first-order valence-electron chi connectivity index (χ1n) is 13.2. The maximum Gasteiger partial charge on any atom is 0.259 e. The summed E-state index contributed by atoms with van der Waals surface area (Å²) >= 11 is 0. The van der Waals surface area contributed by atoms with Gasteiger partial charge in [0.25, 0.3) is 5.91 Å². The van der Waals surface area contributed by atoms with Crippen molar-refractivity contribution in [2.24, 2.45) is 5.41 Å². The minimum atomic E-state index is -0.517. The Hall–Kier alpha value is -3.45. The van der Waals surface area contributed by atoms with Gasteiger partial charge in [0, 0.05) is 36.7 Å². The summed E-state index contributed by atoms with van der Waals surface area (Å²) in [5, 5.41) is 16.1. The van der Waals surface area contributed by atoms with Gasteiger partial charge < -0.3 is 20.6 Å². The number of aromatic nitrogens is 2. The number of nitrogens with zero attached hydrogens (tertiary/aromatic N) is 3. The first-order valence-corrected chi connectivity index (χ1v) is 13.2. The predicted octanol–water partition coefficient (Wildman–Crippen LogP) is 5.58. The van der Waals surface area contributed by atoms with Crippen molar-refractivity contribution in [3.63, 3.8) is 0 Å². The molecule has 3 aromatic rings. The van der Waals surface area contributed by atoms with Gasteiger partial charge in [-0.1, -0.05) is 6.07 Å². The van der Waals surface area contributed by atoms with Gasteiger partial charge in [-0.3, -0.25) is 9.78 Å². The lowest BCUT2D eigenvalue weighted by Gasteiger charge is -2.34. The molecule has 2 fully saturated rings. The van der Waals surface area contributed by atoms with Crippen LogP contribution in [-0.4, -0.2) is 46.2 Å². The Balaban J connectivity index is 1.43. The van der Waals surface area contributed by atoms with Crippen LogP contribution in [0.1, 0.15) is 61.0 Å². The Kier molecular flexibility index (Phi) is 6.67. The molecule has 0 radical (unpaired) electrons. The second-order valence-corrected chi connectivity index (χ2v) is 11.5. The maximum atomic E-state index is 13.6. The van der Waals surface area contributed by atoms with Gasteiger partial charge in [0.15, 0.2) is 0 Å². The third kappa shape index (κ3) is 5.62. The highest BCUT2D eigenvalue weighted by Crippen LogP contribution is 2.54. The minimum Gasteiger partial charge on any atom is -0.394 e. The number of benzene rings is 1. The lowest BCUT2D eigenvalue weighted by atomic mass is 9.93. The van der Waals surface area contributed by atoms with E-state index in [1.807, 2.05) is 63.5 Å². The van der Waals surface area contributed by atoms with Gasteiger partial charge in [-0.2, -0.15) is 0 Å². The average Bonchev–Trinajstić information content (AvgIpc) is 3.64. The number of piperidine rings is 1. The fraction of sp³-hybridized carbons (Fsp3) is 0.433.